The first-order valence-corrected chi connectivity index (χ1v) is 5.06. The molecule has 0 saturated carbocycles. The molecule has 0 bridgehead atoms. The number of hydrogen-bond donors (Lipinski definition) is 0. The van der Waals surface area contributed by atoms with Gasteiger partial charge >= 0.3 is 0 Å². The first-order valence-electron chi connectivity index (χ1n) is 5.06. The second kappa shape index (κ2) is 6.39. The standard InChI is InChI=1S/C11H24O2/c1-6-11(3,9-13-5)7-10(2)8-12-4/h10H,6-9H2,1-5H3. The molecule has 2 atom stereocenters. The molecule has 0 spiro atoms. The van der Waals surface area contributed by atoms with Gasteiger partial charge in [-0.15, -0.1) is 0 Å². The lowest BCUT2D eigenvalue weighted by atomic mass is 9.80. The van der Waals surface area contributed by atoms with Crippen LogP contribution < -0.4 is 0 Å². The predicted molar refractivity (Wildman–Crippen MR) is 55.9 cm³/mol. The zero-order valence-electron chi connectivity index (χ0n) is 9.72. The first kappa shape index (κ1) is 12.9. The third-order valence-corrected chi connectivity index (χ3v) is 2.64. The van der Waals surface area contributed by atoms with Crippen molar-refractivity contribution in [3.05, 3.63) is 0 Å². The average Bonchev–Trinajstić information content (AvgIpc) is 2.05. The van der Waals surface area contributed by atoms with Crippen molar-refractivity contribution < 1.29 is 9.47 Å². The van der Waals surface area contributed by atoms with Crippen LogP contribution in [0.3, 0.4) is 0 Å². The number of methoxy groups -OCH3 is 2. The number of rotatable bonds is 7. The minimum Gasteiger partial charge on any atom is -0.384 e. The molecular weight excluding hydrogens is 164 g/mol. The van der Waals surface area contributed by atoms with Gasteiger partial charge in [-0.3, -0.25) is 0 Å². The second-order valence-electron chi connectivity index (χ2n) is 4.36. The Labute approximate surface area is 82.6 Å². The maximum absolute atomic E-state index is 5.24. The van der Waals surface area contributed by atoms with E-state index in [4.69, 9.17) is 9.47 Å². The Balaban J connectivity index is 3.93. The summed E-state index contributed by atoms with van der Waals surface area (Å²) < 4.78 is 10.4. The van der Waals surface area contributed by atoms with Crippen LogP contribution >= 0.6 is 0 Å². The molecule has 0 heterocycles. The Morgan fingerprint density at radius 2 is 1.85 bits per heavy atom. The van der Waals surface area contributed by atoms with Crippen LogP contribution in [0.1, 0.15) is 33.6 Å². The van der Waals surface area contributed by atoms with E-state index in [0.717, 1.165) is 19.6 Å². The molecule has 0 radical (unpaired) electrons. The van der Waals surface area contributed by atoms with Gasteiger partial charge in [0.15, 0.2) is 0 Å². The highest BCUT2D eigenvalue weighted by molar-refractivity contribution is 4.74. The molecule has 0 saturated heterocycles. The molecule has 0 aliphatic rings. The Morgan fingerprint density at radius 1 is 1.23 bits per heavy atom. The fraction of sp³-hybridized carbons (Fsp3) is 1.00. The summed E-state index contributed by atoms with van der Waals surface area (Å²) in [5, 5.41) is 0. The quantitative estimate of drug-likeness (QED) is 0.611. The molecule has 0 aromatic rings. The lowest BCUT2D eigenvalue weighted by molar-refractivity contribution is 0.0543. The molecular formula is C11H24O2. The molecule has 0 N–H and O–H groups in total. The molecule has 80 valence electrons. The van der Waals surface area contributed by atoms with Crippen LogP contribution in [0.2, 0.25) is 0 Å². The lowest BCUT2D eigenvalue weighted by Crippen LogP contribution is -2.25. The van der Waals surface area contributed by atoms with E-state index in [9.17, 15) is 0 Å². The summed E-state index contributed by atoms with van der Waals surface area (Å²) in [7, 11) is 3.53. The van der Waals surface area contributed by atoms with Crippen LogP contribution in [-0.4, -0.2) is 27.4 Å². The summed E-state index contributed by atoms with van der Waals surface area (Å²) in [5.41, 5.74) is 0.312. The molecule has 2 nitrogen and oxygen atoms in total. The van der Waals surface area contributed by atoms with E-state index in [0.29, 0.717) is 11.3 Å². The fourth-order valence-electron chi connectivity index (χ4n) is 1.84. The van der Waals surface area contributed by atoms with Gasteiger partial charge in [-0.25, -0.2) is 0 Å². The highest BCUT2D eigenvalue weighted by atomic mass is 16.5. The summed E-state index contributed by atoms with van der Waals surface area (Å²) in [4.78, 5) is 0. The van der Waals surface area contributed by atoms with E-state index in [-0.39, 0.29) is 0 Å². The number of hydrogen-bond acceptors (Lipinski definition) is 2. The van der Waals surface area contributed by atoms with Gasteiger partial charge in [0, 0.05) is 20.8 Å². The third kappa shape index (κ3) is 5.27. The van der Waals surface area contributed by atoms with E-state index >= 15 is 0 Å². The fourth-order valence-corrected chi connectivity index (χ4v) is 1.84. The monoisotopic (exact) mass is 188 g/mol. The number of ether oxygens (including phenoxy) is 2. The van der Waals surface area contributed by atoms with Crippen LogP contribution in [0, 0.1) is 11.3 Å². The van der Waals surface area contributed by atoms with Gasteiger partial charge in [0.2, 0.25) is 0 Å². The summed E-state index contributed by atoms with van der Waals surface area (Å²) >= 11 is 0. The highest BCUT2D eigenvalue weighted by Gasteiger charge is 2.24. The van der Waals surface area contributed by atoms with E-state index in [1.807, 2.05) is 0 Å². The van der Waals surface area contributed by atoms with Crippen molar-refractivity contribution in [1.29, 1.82) is 0 Å². The van der Waals surface area contributed by atoms with Crippen molar-refractivity contribution >= 4 is 0 Å². The Bertz CT molecular complexity index is 125. The zero-order valence-corrected chi connectivity index (χ0v) is 9.72. The molecule has 0 aliphatic carbocycles. The summed E-state index contributed by atoms with van der Waals surface area (Å²) in [6, 6.07) is 0. The van der Waals surface area contributed by atoms with Crippen molar-refractivity contribution in [2.24, 2.45) is 11.3 Å². The highest BCUT2D eigenvalue weighted by Crippen LogP contribution is 2.29. The van der Waals surface area contributed by atoms with Gasteiger partial charge in [0.05, 0.1) is 6.61 Å². The van der Waals surface area contributed by atoms with E-state index in [1.54, 1.807) is 14.2 Å². The normalized spacial score (nSPS) is 18.2. The maximum atomic E-state index is 5.24. The minimum atomic E-state index is 0.312. The molecule has 0 amide bonds. The molecule has 2 unspecified atom stereocenters. The largest absolute Gasteiger partial charge is 0.384 e. The van der Waals surface area contributed by atoms with Crippen LogP contribution in [-0.2, 0) is 9.47 Å². The molecule has 0 aromatic carbocycles. The van der Waals surface area contributed by atoms with Crippen molar-refractivity contribution in [3.8, 4) is 0 Å². The van der Waals surface area contributed by atoms with Crippen LogP contribution in [0.5, 0.6) is 0 Å². The van der Waals surface area contributed by atoms with Gasteiger partial charge < -0.3 is 9.47 Å². The topological polar surface area (TPSA) is 18.5 Å². The minimum absolute atomic E-state index is 0.312. The molecule has 2 heteroatoms. The maximum Gasteiger partial charge on any atom is 0.0516 e. The van der Waals surface area contributed by atoms with Crippen molar-refractivity contribution in [2.45, 2.75) is 33.6 Å². The van der Waals surface area contributed by atoms with Crippen molar-refractivity contribution in [3.63, 3.8) is 0 Å². The second-order valence-corrected chi connectivity index (χ2v) is 4.36. The van der Waals surface area contributed by atoms with Crippen molar-refractivity contribution in [1.82, 2.24) is 0 Å². The smallest absolute Gasteiger partial charge is 0.0516 e. The van der Waals surface area contributed by atoms with E-state index in [1.165, 1.54) is 6.42 Å². The van der Waals surface area contributed by atoms with Crippen LogP contribution in [0.25, 0.3) is 0 Å². The van der Waals surface area contributed by atoms with Crippen molar-refractivity contribution in [2.75, 3.05) is 27.4 Å². The molecule has 0 rings (SSSR count). The first-order chi connectivity index (χ1) is 6.08. The SMILES string of the molecule is CCC(C)(COC)CC(C)COC. The Morgan fingerprint density at radius 3 is 2.23 bits per heavy atom. The summed E-state index contributed by atoms with van der Waals surface area (Å²) in [6.45, 7) is 8.42. The van der Waals surface area contributed by atoms with E-state index in [2.05, 4.69) is 20.8 Å². The Kier molecular flexibility index (Phi) is 6.35. The van der Waals surface area contributed by atoms with Gasteiger partial charge in [0.1, 0.15) is 0 Å². The van der Waals surface area contributed by atoms with Gasteiger partial charge in [-0.1, -0.05) is 20.8 Å². The molecule has 13 heavy (non-hydrogen) atoms. The van der Waals surface area contributed by atoms with Gasteiger partial charge in [-0.05, 0) is 24.2 Å². The van der Waals surface area contributed by atoms with Gasteiger partial charge in [-0.2, -0.15) is 0 Å². The molecule has 0 aromatic heterocycles. The average molecular weight is 188 g/mol. The zero-order chi connectivity index (χ0) is 10.3. The van der Waals surface area contributed by atoms with E-state index < -0.39 is 0 Å². The van der Waals surface area contributed by atoms with Gasteiger partial charge in [0.25, 0.3) is 0 Å². The molecule has 0 fully saturated rings. The third-order valence-electron chi connectivity index (χ3n) is 2.64. The summed E-state index contributed by atoms with van der Waals surface area (Å²) in [6.07, 6.45) is 2.33. The summed E-state index contributed by atoms with van der Waals surface area (Å²) in [5.74, 6) is 0.616. The Hall–Kier alpha value is -0.0800. The lowest BCUT2D eigenvalue weighted by Gasteiger charge is -2.30. The van der Waals surface area contributed by atoms with Crippen LogP contribution in [0.15, 0.2) is 0 Å². The predicted octanol–water partition coefficient (Wildman–Crippen LogP) is 2.72. The molecule has 0 aliphatic heterocycles. The van der Waals surface area contributed by atoms with Crippen LogP contribution in [0.4, 0.5) is 0 Å².